The van der Waals surface area contributed by atoms with Crippen molar-refractivity contribution in [3.05, 3.63) is 86.1 Å². The third-order valence-electron chi connectivity index (χ3n) is 4.88. The van der Waals surface area contributed by atoms with Gasteiger partial charge in [-0.05, 0) is 61.1 Å². The number of H-pyrrole nitrogens is 1. The van der Waals surface area contributed by atoms with Gasteiger partial charge in [-0.2, -0.15) is 5.10 Å². The van der Waals surface area contributed by atoms with Gasteiger partial charge in [-0.1, -0.05) is 33.6 Å². The summed E-state index contributed by atoms with van der Waals surface area (Å²) in [6.45, 7) is 2.69. The topological polar surface area (TPSA) is 77.0 Å². The first-order valence-electron chi connectivity index (χ1n) is 10.3. The molecule has 0 atom stereocenters. The molecule has 2 N–H and O–H groups in total. The average Bonchev–Trinajstić information content (AvgIpc) is 3.20. The van der Waals surface area contributed by atoms with Crippen LogP contribution >= 0.6 is 39.7 Å². The highest BCUT2D eigenvalue weighted by atomic mass is 79.9. The second-order valence-electron chi connectivity index (χ2n) is 7.07. The van der Waals surface area contributed by atoms with E-state index in [2.05, 4.69) is 36.5 Å². The van der Waals surface area contributed by atoms with E-state index < -0.39 is 5.82 Å². The van der Waals surface area contributed by atoms with Crippen molar-refractivity contribution in [3.8, 4) is 22.9 Å². The van der Waals surface area contributed by atoms with Crippen LogP contribution in [0.5, 0.6) is 11.5 Å². The normalized spacial score (nSPS) is 10.8. The lowest BCUT2D eigenvalue weighted by Crippen LogP contribution is -2.16. The van der Waals surface area contributed by atoms with Crippen molar-refractivity contribution in [2.45, 2.75) is 20.1 Å². The summed E-state index contributed by atoms with van der Waals surface area (Å²) in [5.41, 5.74) is 5.32. The van der Waals surface area contributed by atoms with Gasteiger partial charge in [0.05, 0.1) is 18.2 Å². The van der Waals surface area contributed by atoms with Crippen LogP contribution in [0, 0.1) is 10.6 Å². The molecular weight excluding hydrogens is 545 g/mol. The fourth-order valence-electron chi connectivity index (χ4n) is 3.22. The summed E-state index contributed by atoms with van der Waals surface area (Å²) in [7, 11) is 0. The van der Waals surface area contributed by atoms with E-state index in [9.17, 15) is 4.39 Å². The number of nitrogens with zero attached hydrogens (tertiary/aromatic N) is 3. The summed E-state index contributed by atoms with van der Waals surface area (Å²) in [4.78, 5) is 4.04. The first-order valence-corrected chi connectivity index (χ1v) is 11.9. The van der Waals surface area contributed by atoms with Crippen molar-refractivity contribution in [2.75, 3.05) is 12.0 Å². The molecule has 0 aliphatic carbocycles. The molecule has 4 rings (SSSR count). The van der Waals surface area contributed by atoms with Gasteiger partial charge in [-0.3, -0.25) is 4.98 Å². The Morgan fingerprint density at radius 2 is 1.94 bits per heavy atom. The third-order valence-corrected chi connectivity index (χ3v) is 6.25. The zero-order valence-electron chi connectivity index (χ0n) is 18.0. The van der Waals surface area contributed by atoms with Crippen LogP contribution in [0.4, 0.5) is 4.39 Å². The molecule has 0 aliphatic heterocycles. The van der Waals surface area contributed by atoms with Gasteiger partial charge in [0.2, 0.25) is 4.77 Å². The Balaban J connectivity index is 1.56. The SMILES string of the molecule is CCOc1cc(CNn2c(-c3ccncc3)n[nH]c2=S)c(Br)cc1OCc1c(F)cccc1Cl. The van der Waals surface area contributed by atoms with E-state index in [4.69, 9.17) is 33.3 Å². The molecule has 176 valence electrons. The maximum absolute atomic E-state index is 14.1. The highest BCUT2D eigenvalue weighted by molar-refractivity contribution is 9.10. The minimum Gasteiger partial charge on any atom is -0.490 e. The Hall–Kier alpha value is -2.95. The highest BCUT2D eigenvalue weighted by Gasteiger charge is 2.15. The van der Waals surface area contributed by atoms with Gasteiger partial charge in [-0.25, -0.2) is 14.2 Å². The molecule has 0 aliphatic rings. The van der Waals surface area contributed by atoms with Gasteiger partial charge in [0, 0.05) is 28.0 Å². The zero-order valence-corrected chi connectivity index (χ0v) is 21.2. The molecule has 2 heterocycles. The molecule has 11 heteroatoms. The second kappa shape index (κ2) is 11.0. The number of benzene rings is 2. The molecule has 7 nitrogen and oxygen atoms in total. The largest absolute Gasteiger partial charge is 0.490 e. The number of ether oxygens (including phenoxy) is 2. The van der Waals surface area contributed by atoms with Crippen molar-refractivity contribution in [3.63, 3.8) is 0 Å². The first kappa shape index (κ1) is 24.2. The quantitative estimate of drug-likeness (QED) is 0.233. The van der Waals surface area contributed by atoms with Crippen LogP contribution in [0.25, 0.3) is 11.4 Å². The van der Waals surface area contributed by atoms with Crippen LogP contribution in [-0.2, 0) is 13.2 Å². The second-order valence-corrected chi connectivity index (χ2v) is 8.72. The first-order chi connectivity index (χ1) is 16.5. The lowest BCUT2D eigenvalue weighted by molar-refractivity contribution is 0.265. The van der Waals surface area contributed by atoms with Crippen LogP contribution in [0.15, 0.2) is 59.3 Å². The number of hydrogen-bond acceptors (Lipinski definition) is 6. The summed E-state index contributed by atoms with van der Waals surface area (Å²) >= 11 is 15.1. The summed E-state index contributed by atoms with van der Waals surface area (Å²) in [5, 5.41) is 7.42. The molecule has 0 unspecified atom stereocenters. The number of halogens is 3. The van der Waals surface area contributed by atoms with E-state index in [1.54, 1.807) is 35.3 Å². The van der Waals surface area contributed by atoms with Crippen molar-refractivity contribution < 1.29 is 13.9 Å². The van der Waals surface area contributed by atoms with Crippen LogP contribution in [-0.4, -0.2) is 26.5 Å². The Bertz CT molecular complexity index is 1330. The highest BCUT2D eigenvalue weighted by Crippen LogP contribution is 2.35. The van der Waals surface area contributed by atoms with Crippen molar-refractivity contribution >= 4 is 39.7 Å². The van der Waals surface area contributed by atoms with E-state index in [0.717, 1.165) is 15.6 Å². The molecule has 0 saturated heterocycles. The molecule has 0 amide bonds. The van der Waals surface area contributed by atoms with E-state index >= 15 is 0 Å². The van der Waals surface area contributed by atoms with Gasteiger partial charge in [0.1, 0.15) is 12.4 Å². The molecule has 0 fully saturated rings. The van der Waals surface area contributed by atoms with Gasteiger partial charge < -0.3 is 14.9 Å². The predicted octanol–water partition coefficient (Wildman–Crippen LogP) is 6.28. The van der Waals surface area contributed by atoms with Gasteiger partial charge in [0.25, 0.3) is 0 Å². The van der Waals surface area contributed by atoms with E-state index in [0.29, 0.717) is 40.3 Å². The number of aromatic nitrogens is 4. The third kappa shape index (κ3) is 5.40. The lowest BCUT2D eigenvalue weighted by Gasteiger charge is -2.17. The molecule has 2 aromatic carbocycles. The monoisotopic (exact) mass is 563 g/mol. The number of hydrogen-bond donors (Lipinski definition) is 2. The zero-order chi connectivity index (χ0) is 24.1. The average molecular weight is 565 g/mol. The van der Waals surface area contributed by atoms with Crippen LogP contribution in [0.2, 0.25) is 5.02 Å². The van der Waals surface area contributed by atoms with Crippen molar-refractivity contribution in [1.29, 1.82) is 0 Å². The van der Waals surface area contributed by atoms with E-state index in [1.807, 2.05) is 25.1 Å². The van der Waals surface area contributed by atoms with Gasteiger partial charge in [-0.15, -0.1) is 0 Å². The Morgan fingerprint density at radius 3 is 2.68 bits per heavy atom. The smallest absolute Gasteiger partial charge is 0.214 e. The van der Waals surface area contributed by atoms with Crippen molar-refractivity contribution in [1.82, 2.24) is 19.9 Å². The number of nitrogens with one attached hydrogen (secondary N) is 2. The molecule has 0 bridgehead atoms. The molecule has 34 heavy (non-hydrogen) atoms. The minimum atomic E-state index is -0.424. The molecule has 0 saturated carbocycles. The Morgan fingerprint density at radius 1 is 1.18 bits per heavy atom. The van der Waals surface area contributed by atoms with Crippen molar-refractivity contribution in [2.24, 2.45) is 0 Å². The molecule has 2 aromatic heterocycles. The molecule has 4 aromatic rings. The number of rotatable bonds is 9. The van der Waals surface area contributed by atoms with E-state index in [-0.39, 0.29) is 12.2 Å². The number of aromatic amines is 1. The Labute approximate surface area is 214 Å². The fraction of sp³-hybridized carbons (Fsp3) is 0.174. The fourth-order valence-corrected chi connectivity index (χ4v) is 4.09. The summed E-state index contributed by atoms with van der Waals surface area (Å²) in [6.07, 6.45) is 3.38. The maximum atomic E-state index is 14.1. The van der Waals surface area contributed by atoms with Crippen LogP contribution in [0.3, 0.4) is 0 Å². The van der Waals surface area contributed by atoms with Gasteiger partial charge in [0.15, 0.2) is 17.3 Å². The Kier molecular flexibility index (Phi) is 7.81. The molecule has 0 spiro atoms. The molecule has 0 radical (unpaired) electrons. The van der Waals surface area contributed by atoms with Crippen LogP contribution in [0.1, 0.15) is 18.1 Å². The minimum absolute atomic E-state index is 0.0326. The summed E-state index contributed by atoms with van der Waals surface area (Å²) in [6, 6.07) is 11.9. The van der Waals surface area contributed by atoms with E-state index in [1.165, 1.54) is 6.07 Å². The lowest BCUT2D eigenvalue weighted by atomic mass is 10.2. The standard InChI is InChI=1S/C23H20BrClFN5O2S/c1-2-32-20-10-15(12-28-31-22(29-30-23(31)34)14-6-8-27-9-7-14)17(24)11-21(20)33-13-16-18(25)4-3-5-19(16)26/h3-11,28H,2,12-13H2,1H3,(H,30,34). The predicted molar refractivity (Wildman–Crippen MR) is 135 cm³/mol. The maximum Gasteiger partial charge on any atom is 0.214 e. The van der Waals surface area contributed by atoms with Gasteiger partial charge >= 0.3 is 0 Å². The molecular formula is C23H20BrClFN5O2S. The van der Waals surface area contributed by atoms with Crippen LogP contribution < -0.4 is 14.9 Å². The summed E-state index contributed by atoms with van der Waals surface area (Å²) in [5.74, 6) is 1.21. The number of pyridine rings is 1. The summed E-state index contributed by atoms with van der Waals surface area (Å²) < 4.78 is 28.7.